The Morgan fingerprint density at radius 3 is 2.64 bits per heavy atom. The first-order chi connectivity index (χ1) is 10.5. The fraction of sp³-hybridized carbons (Fsp3) is 0.688. The van der Waals surface area contributed by atoms with Crippen LogP contribution < -0.4 is 0 Å². The summed E-state index contributed by atoms with van der Waals surface area (Å²) in [6.07, 6.45) is 5.40. The first kappa shape index (κ1) is 16.8. The van der Waals surface area contributed by atoms with Gasteiger partial charge in [-0.25, -0.2) is 9.97 Å². The van der Waals surface area contributed by atoms with Gasteiger partial charge in [0.05, 0.1) is 12.6 Å². The Kier molecular flexibility index (Phi) is 5.85. The van der Waals surface area contributed by atoms with Crippen molar-refractivity contribution in [2.24, 2.45) is 0 Å². The molecule has 2 atom stereocenters. The van der Waals surface area contributed by atoms with E-state index in [2.05, 4.69) is 28.8 Å². The molecule has 1 saturated heterocycles. The van der Waals surface area contributed by atoms with Crippen molar-refractivity contribution in [2.45, 2.75) is 38.4 Å². The molecule has 1 aliphatic rings. The molecule has 0 N–H and O–H groups in total. The molecule has 0 saturated carbocycles. The van der Waals surface area contributed by atoms with Crippen LogP contribution in [-0.4, -0.2) is 76.9 Å². The van der Waals surface area contributed by atoms with Crippen molar-refractivity contribution < 1.29 is 4.79 Å². The smallest absolute Gasteiger partial charge is 0.239 e. The second-order valence-corrected chi connectivity index (χ2v) is 6.19. The summed E-state index contributed by atoms with van der Waals surface area (Å²) < 4.78 is 0. The van der Waals surface area contributed by atoms with Crippen LogP contribution in [0.3, 0.4) is 0 Å². The Balaban J connectivity index is 1.90. The van der Waals surface area contributed by atoms with Crippen molar-refractivity contribution in [3.8, 4) is 0 Å². The lowest BCUT2D eigenvalue weighted by atomic mass is 10.2. The lowest BCUT2D eigenvalue weighted by molar-refractivity contribution is -0.135. The Morgan fingerprint density at radius 2 is 2.05 bits per heavy atom. The van der Waals surface area contributed by atoms with Crippen molar-refractivity contribution in [2.75, 3.05) is 34.2 Å². The van der Waals surface area contributed by atoms with Crippen LogP contribution in [0.2, 0.25) is 0 Å². The normalized spacial score (nSPS) is 19.9. The van der Waals surface area contributed by atoms with Gasteiger partial charge in [-0.2, -0.15) is 0 Å². The van der Waals surface area contributed by atoms with Crippen LogP contribution in [0.4, 0.5) is 0 Å². The van der Waals surface area contributed by atoms with Gasteiger partial charge in [0.1, 0.15) is 5.82 Å². The van der Waals surface area contributed by atoms with Gasteiger partial charge >= 0.3 is 0 Å². The van der Waals surface area contributed by atoms with E-state index < -0.39 is 0 Å². The molecule has 0 spiro atoms. The van der Waals surface area contributed by atoms with Crippen molar-refractivity contribution >= 4 is 5.91 Å². The highest BCUT2D eigenvalue weighted by Crippen LogP contribution is 2.18. The summed E-state index contributed by atoms with van der Waals surface area (Å²) in [5.41, 5.74) is 0. The van der Waals surface area contributed by atoms with Crippen LogP contribution in [0, 0.1) is 0 Å². The molecule has 0 aromatic carbocycles. The molecule has 22 heavy (non-hydrogen) atoms. The third-order valence-corrected chi connectivity index (χ3v) is 4.40. The summed E-state index contributed by atoms with van der Waals surface area (Å²) in [5.74, 6) is 1.08. The monoisotopic (exact) mass is 305 g/mol. The maximum absolute atomic E-state index is 12.6. The minimum absolute atomic E-state index is 0.0125. The Bertz CT molecular complexity index is 479. The molecular weight excluding hydrogens is 278 g/mol. The number of likely N-dealkylation sites (tertiary alicyclic amines) is 1. The molecule has 1 aliphatic heterocycles. The molecule has 122 valence electrons. The number of hydrogen-bond donors (Lipinski definition) is 0. The topological polar surface area (TPSA) is 52.6 Å². The minimum Gasteiger partial charge on any atom is -0.340 e. The summed E-state index contributed by atoms with van der Waals surface area (Å²) in [7, 11) is 6.02. The number of nitrogens with zero attached hydrogens (tertiary/aromatic N) is 5. The van der Waals surface area contributed by atoms with Crippen LogP contribution in [0.1, 0.15) is 25.6 Å². The molecule has 2 rings (SSSR count). The Morgan fingerprint density at radius 1 is 1.36 bits per heavy atom. The predicted octanol–water partition coefficient (Wildman–Crippen LogP) is 0.849. The van der Waals surface area contributed by atoms with Gasteiger partial charge in [0.15, 0.2) is 0 Å². The zero-order valence-electron chi connectivity index (χ0n) is 14.1. The number of carbonyl (C=O) groups excluding carboxylic acids is 1. The van der Waals surface area contributed by atoms with Gasteiger partial charge in [0.25, 0.3) is 0 Å². The molecule has 1 aromatic heterocycles. The van der Waals surface area contributed by atoms with Crippen LogP contribution >= 0.6 is 0 Å². The standard InChI is InChI=1S/C16H27N5O/c1-5-14(19(2)3)16(22)21-10-7-13(11-21)20(4)12-15-17-8-6-9-18-15/h6,8-9,13-14H,5,7,10-12H2,1-4H3/t13-,14-/m1/s1. The van der Waals surface area contributed by atoms with Crippen molar-refractivity contribution in [1.82, 2.24) is 24.7 Å². The second kappa shape index (κ2) is 7.65. The molecule has 6 nitrogen and oxygen atoms in total. The third-order valence-electron chi connectivity index (χ3n) is 4.40. The maximum Gasteiger partial charge on any atom is 0.239 e. The molecule has 0 unspecified atom stereocenters. The molecular formula is C16H27N5O. The van der Waals surface area contributed by atoms with E-state index in [-0.39, 0.29) is 11.9 Å². The van der Waals surface area contributed by atoms with E-state index in [1.165, 1.54) is 0 Å². The highest BCUT2D eigenvalue weighted by Gasteiger charge is 2.32. The van der Waals surface area contributed by atoms with E-state index in [1.807, 2.05) is 30.0 Å². The van der Waals surface area contributed by atoms with Crippen LogP contribution in [0.5, 0.6) is 0 Å². The van der Waals surface area contributed by atoms with Crippen molar-refractivity contribution in [3.63, 3.8) is 0 Å². The summed E-state index contributed by atoms with van der Waals surface area (Å²) in [6.45, 7) is 4.42. The molecule has 1 aromatic rings. The Labute approximate surface area is 133 Å². The first-order valence-corrected chi connectivity index (χ1v) is 7.94. The van der Waals surface area contributed by atoms with Crippen molar-refractivity contribution in [3.05, 3.63) is 24.3 Å². The van der Waals surface area contributed by atoms with Crippen LogP contribution in [0.25, 0.3) is 0 Å². The highest BCUT2D eigenvalue weighted by molar-refractivity contribution is 5.82. The van der Waals surface area contributed by atoms with E-state index in [0.29, 0.717) is 6.04 Å². The molecule has 1 fully saturated rings. The lowest BCUT2D eigenvalue weighted by Gasteiger charge is -2.28. The average molecular weight is 305 g/mol. The number of likely N-dealkylation sites (N-methyl/N-ethyl adjacent to an activating group) is 2. The summed E-state index contributed by atoms with van der Waals surface area (Å²) in [4.78, 5) is 27.4. The van der Waals surface area contributed by atoms with Gasteiger partial charge in [0, 0.05) is 31.5 Å². The SMILES string of the molecule is CC[C@H](C(=O)N1CC[C@@H](N(C)Cc2ncccn2)C1)N(C)C. The van der Waals surface area contributed by atoms with Gasteiger partial charge in [-0.05, 0) is 40.1 Å². The fourth-order valence-electron chi connectivity index (χ4n) is 3.04. The third kappa shape index (κ3) is 4.01. The van der Waals surface area contributed by atoms with E-state index in [0.717, 1.165) is 38.3 Å². The van der Waals surface area contributed by atoms with Crippen LogP contribution in [-0.2, 0) is 11.3 Å². The summed E-state index contributed by atoms with van der Waals surface area (Å²) in [5, 5.41) is 0. The average Bonchev–Trinajstić information content (AvgIpc) is 2.98. The van der Waals surface area contributed by atoms with E-state index >= 15 is 0 Å². The zero-order chi connectivity index (χ0) is 16.1. The van der Waals surface area contributed by atoms with Crippen LogP contribution in [0.15, 0.2) is 18.5 Å². The molecule has 1 amide bonds. The highest BCUT2D eigenvalue weighted by atomic mass is 16.2. The number of aromatic nitrogens is 2. The molecule has 6 heteroatoms. The number of amides is 1. The summed E-state index contributed by atoms with van der Waals surface area (Å²) >= 11 is 0. The molecule has 0 aliphatic carbocycles. The van der Waals surface area contributed by atoms with E-state index in [9.17, 15) is 4.79 Å². The fourth-order valence-corrected chi connectivity index (χ4v) is 3.04. The van der Waals surface area contributed by atoms with Gasteiger partial charge in [0.2, 0.25) is 5.91 Å². The number of rotatable bonds is 6. The largest absolute Gasteiger partial charge is 0.340 e. The second-order valence-electron chi connectivity index (χ2n) is 6.19. The van der Waals surface area contributed by atoms with Gasteiger partial charge in [-0.15, -0.1) is 0 Å². The molecule has 0 bridgehead atoms. The van der Waals surface area contributed by atoms with Gasteiger partial charge in [-0.3, -0.25) is 14.6 Å². The molecule has 2 heterocycles. The number of carbonyl (C=O) groups is 1. The quantitative estimate of drug-likeness (QED) is 0.780. The first-order valence-electron chi connectivity index (χ1n) is 7.94. The van der Waals surface area contributed by atoms with Gasteiger partial charge in [-0.1, -0.05) is 6.92 Å². The van der Waals surface area contributed by atoms with E-state index in [4.69, 9.17) is 0 Å². The predicted molar refractivity (Wildman–Crippen MR) is 86.3 cm³/mol. The summed E-state index contributed by atoms with van der Waals surface area (Å²) in [6, 6.07) is 2.19. The number of hydrogen-bond acceptors (Lipinski definition) is 5. The van der Waals surface area contributed by atoms with E-state index in [1.54, 1.807) is 12.4 Å². The maximum atomic E-state index is 12.6. The molecule has 0 radical (unpaired) electrons. The minimum atomic E-state index is -0.0125. The van der Waals surface area contributed by atoms with Crippen molar-refractivity contribution in [1.29, 1.82) is 0 Å². The zero-order valence-corrected chi connectivity index (χ0v) is 14.1. The lowest BCUT2D eigenvalue weighted by Crippen LogP contribution is -2.46. The van der Waals surface area contributed by atoms with Gasteiger partial charge < -0.3 is 4.90 Å². The Hall–Kier alpha value is -1.53.